The van der Waals surface area contributed by atoms with Gasteiger partial charge in [0.1, 0.15) is 11.4 Å². The molecule has 0 aliphatic carbocycles. The molecule has 1 atom stereocenters. The summed E-state index contributed by atoms with van der Waals surface area (Å²) in [5.41, 5.74) is -0.0134. The van der Waals surface area contributed by atoms with E-state index in [4.69, 9.17) is 4.74 Å². The molecule has 0 saturated heterocycles. The molecule has 4 heteroatoms. The lowest BCUT2D eigenvalue weighted by molar-refractivity contribution is -0.140. The lowest BCUT2D eigenvalue weighted by Crippen LogP contribution is -2.44. The summed E-state index contributed by atoms with van der Waals surface area (Å²) in [6.45, 7) is 5.23. The number of methoxy groups -OCH3 is 1. The van der Waals surface area contributed by atoms with Gasteiger partial charge in [-0.15, -0.1) is 0 Å². The highest BCUT2D eigenvalue weighted by Gasteiger charge is 2.28. The molecule has 17 heavy (non-hydrogen) atoms. The van der Waals surface area contributed by atoms with Crippen molar-refractivity contribution in [1.82, 2.24) is 5.32 Å². The summed E-state index contributed by atoms with van der Waals surface area (Å²) in [5.74, 6) is -0.485. The van der Waals surface area contributed by atoms with Crippen LogP contribution in [0.15, 0.2) is 24.3 Å². The second-order valence-electron chi connectivity index (χ2n) is 4.46. The summed E-state index contributed by atoms with van der Waals surface area (Å²) in [6, 6.07) is 5.87. The Bertz CT molecular complexity index is 387. The molecule has 0 heterocycles. The van der Waals surface area contributed by atoms with Gasteiger partial charge in [-0.1, -0.05) is 12.1 Å². The van der Waals surface area contributed by atoms with Gasteiger partial charge in [-0.25, -0.2) is 4.39 Å². The van der Waals surface area contributed by atoms with E-state index in [1.165, 1.54) is 19.2 Å². The first-order valence-corrected chi connectivity index (χ1v) is 5.48. The van der Waals surface area contributed by atoms with Crippen molar-refractivity contribution in [3.8, 4) is 0 Å². The number of hydrogen-bond acceptors (Lipinski definition) is 2. The topological polar surface area (TPSA) is 38.3 Å². The zero-order chi connectivity index (χ0) is 13.1. The van der Waals surface area contributed by atoms with Crippen molar-refractivity contribution in [3.63, 3.8) is 0 Å². The van der Waals surface area contributed by atoms with E-state index in [9.17, 15) is 9.18 Å². The Morgan fingerprint density at radius 2 is 1.88 bits per heavy atom. The number of halogens is 1. The van der Waals surface area contributed by atoms with Gasteiger partial charge in [-0.2, -0.15) is 0 Å². The van der Waals surface area contributed by atoms with Gasteiger partial charge in [0.2, 0.25) is 0 Å². The molecule has 1 aromatic carbocycles. The molecule has 0 aliphatic rings. The van der Waals surface area contributed by atoms with Gasteiger partial charge in [-0.3, -0.25) is 4.79 Å². The van der Waals surface area contributed by atoms with Crippen molar-refractivity contribution in [1.29, 1.82) is 0 Å². The maximum absolute atomic E-state index is 12.7. The molecule has 0 spiro atoms. The van der Waals surface area contributed by atoms with E-state index in [0.29, 0.717) is 0 Å². The standard InChI is InChI=1S/C13H18FNO2/c1-9(10-5-7-11(14)8-6-10)15-12(16)13(2,3)17-4/h5-9H,1-4H3,(H,15,16)/t9-/m0/s1. The van der Waals surface area contributed by atoms with E-state index in [1.807, 2.05) is 6.92 Å². The normalized spacial score (nSPS) is 13.2. The van der Waals surface area contributed by atoms with Crippen molar-refractivity contribution in [2.24, 2.45) is 0 Å². The van der Waals surface area contributed by atoms with Crippen LogP contribution in [0.25, 0.3) is 0 Å². The van der Waals surface area contributed by atoms with Crippen LogP contribution in [0, 0.1) is 5.82 Å². The summed E-state index contributed by atoms with van der Waals surface area (Å²) < 4.78 is 17.8. The third-order valence-corrected chi connectivity index (χ3v) is 2.77. The summed E-state index contributed by atoms with van der Waals surface area (Å²) in [6.07, 6.45) is 0. The van der Waals surface area contributed by atoms with Crippen molar-refractivity contribution in [3.05, 3.63) is 35.6 Å². The van der Waals surface area contributed by atoms with E-state index in [0.717, 1.165) is 5.56 Å². The first-order valence-electron chi connectivity index (χ1n) is 5.48. The molecule has 0 saturated carbocycles. The van der Waals surface area contributed by atoms with E-state index in [2.05, 4.69) is 5.32 Å². The van der Waals surface area contributed by atoms with Crippen LogP contribution in [0.4, 0.5) is 4.39 Å². The highest BCUT2D eigenvalue weighted by molar-refractivity contribution is 5.84. The molecule has 0 bridgehead atoms. The SMILES string of the molecule is COC(C)(C)C(=O)N[C@@H](C)c1ccc(F)cc1. The summed E-state index contributed by atoms with van der Waals surface area (Å²) in [4.78, 5) is 11.8. The third-order valence-electron chi connectivity index (χ3n) is 2.77. The molecule has 0 fully saturated rings. The van der Waals surface area contributed by atoms with E-state index < -0.39 is 5.60 Å². The molecule has 0 aliphatic heterocycles. The Kier molecular flexibility index (Phi) is 4.23. The van der Waals surface area contributed by atoms with Crippen LogP contribution < -0.4 is 5.32 Å². The van der Waals surface area contributed by atoms with Gasteiger partial charge in [0.15, 0.2) is 0 Å². The number of benzene rings is 1. The Balaban J connectivity index is 2.70. The predicted octanol–water partition coefficient (Wildman–Crippen LogP) is 2.43. The molecular weight excluding hydrogens is 221 g/mol. The second kappa shape index (κ2) is 5.27. The van der Waals surface area contributed by atoms with Crippen LogP contribution in [0.2, 0.25) is 0 Å². The van der Waals surface area contributed by atoms with Gasteiger partial charge in [0.25, 0.3) is 5.91 Å². The van der Waals surface area contributed by atoms with Crippen molar-refractivity contribution in [2.45, 2.75) is 32.4 Å². The highest BCUT2D eigenvalue weighted by Crippen LogP contribution is 2.15. The largest absolute Gasteiger partial charge is 0.369 e. The van der Waals surface area contributed by atoms with Crippen LogP contribution >= 0.6 is 0 Å². The summed E-state index contributed by atoms with van der Waals surface area (Å²) in [5, 5.41) is 2.82. The molecule has 94 valence electrons. The van der Waals surface area contributed by atoms with Crippen molar-refractivity contribution < 1.29 is 13.9 Å². The molecule has 1 rings (SSSR count). The number of rotatable bonds is 4. The van der Waals surface area contributed by atoms with Crippen LogP contribution in [0.5, 0.6) is 0 Å². The van der Waals surface area contributed by atoms with Crippen LogP contribution in [-0.2, 0) is 9.53 Å². The molecule has 0 radical (unpaired) electrons. The second-order valence-corrected chi connectivity index (χ2v) is 4.46. The van der Waals surface area contributed by atoms with E-state index in [1.54, 1.807) is 26.0 Å². The minimum Gasteiger partial charge on any atom is -0.369 e. The number of nitrogens with one attached hydrogen (secondary N) is 1. The van der Waals surface area contributed by atoms with E-state index in [-0.39, 0.29) is 17.8 Å². The average molecular weight is 239 g/mol. The first-order chi connectivity index (χ1) is 7.86. The summed E-state index contributed by atoms with van der Waals surface area (Å²) >= 11 is 0. The number of carbonyl (C=O) groups excluding carboxylic acids is 1. The number of amides is 1. The fourth-order valence-corrected chi connectivity index (χ4v) is 1.30. The van der Waals surface area contributed by atoms with E-state index >= 15 is 0 Å². The van der Waals surface area contributed by atoms with Crippen LogP contribution in [0.1, 0.15) is 32.4 Å². The Labute approximate surface area is 101 Å². The summed E-state index contributed by atoms with van der Waals surface area (Å²) in [7, 11) is 1.49. The quantitative estimate of drug-likeness (QED) is 0.876. The molecule has 1 N–H and O–H groups in total. The maximum atomic E-state index is 12.7. The van der Waals surface area contributed by atoms with Gasteiger partial charge in [0, 0.05) is 7.11 Å². The van der Waals surface area contributed by atoms with Crippen LogP contribution in [-0.4, -0.2) is 18.6 Å². The monoisotopic (exact) mass is 239 g/mol. The van der Waals surface area contributed by atoms with Crippen LogP contribution in [0.3, 0.4) is 0 Å². The zero-order valence-corrected chi connectivity index (χ0v) is 10.6. The van der Waals surface area contributed by atoms with Gasteiger partial charge in [0.05, 0.1) is 6.04 Å². The maximum Gasteiger partial charge on any atom is 0.252 e. The van der Waals surface area contributed by atoms with Crippen molar-refractivity contribution >= 4 is 5.91 Å². The minimum absolute atomic E-state index is 0.183. The number of carbonyl (C=O) groups is 1. The molecule has 1 amide bonds. The average Bonchev–Trinajstić information content (AvgIpc) is 2.29. The Morgan fingerprint density at radius 3 is 2.35 bits per heavy atom. The molecule has 0 aromatic heterocycles. The minimum atomic E-state index is -0.867. The Morgan fingerprint density at radius 1 is 1.35 bits per heavy atom. The lowest BCUT2D eigenvalue weighted by atomic mass is 10.1. The number of hydrogen-bond donors (Lipinski definition) is 1. The van der Waals surface area contributed by atoms with Gasteiger partial charge in [-0.05, 0) is 38.5 Å². The Hall–Kier alpha value is -1.42. The molecular formula is C13H18FNO2. The molecule has 0 unspecified atom stereocenters. The fraction of sp³-hybridized carbons (Fsp3) is 0.462. The molecule has 1 aromatic rings. The lowest BCUT2D eigenvalue weighted by Gasteiger charge is -2.24. The number of ether oxygens (including phenoxy) is 1. The van der Waals surface area contributed by atoms with Gasteiger partial charge < -0.3 is 10.1 Å². The molecule has 3 nitrogen and oxygen atoms in total. The van der Waals surface area contributed by atoms with Crippen molar-refractivity contribution in [2.75, 3.05) is 7.11 Å². The highest BCUT2D eigenvalue weighted by atomic mass is 19.1. The smallest absolute Gasteiger partial charge is 0.252 e. The zero-order valence-electron chi connectivity index (χ0n) is 10.6. The predicted molar refractivity (Wildman–Crippen MR) is 64.0 cm³/mol. The fourth-order valence-electron chi connectivity index (χ4n) is 1.30. The first kappa shape index (κ1) is 13.6. The van der Waals surface area contributed by atoms with Gasteiger partial charge >= 0.3 is 0 Å². The third kappa shape index (κ3) is 3.53.